The molecule has 5 nitrogen and oxygen atoms in total. The number of amides is 2. The fourth-order valence-electron chi connectivity index (χ4n) is 1.52. The van der Waals surface area contributed by atoms with Gasteiger partial charge >= 0.3 is 6.03 Å². The Labute approximate surface area is 93.5 Å². The van der Waals surface area contributed by atoms with Crippen LogP contribution in [0.5, 0.6) is 0 Å². The molecule has 0 aromatic carbocycles. The first-order valence-electron chi connectivity index (χ1n) is 5.24. The van der Waals surface area contributed by atoms with Crippen molar-refractivity contribution in [3.8, 4) is 0 Å². The quantitative estimate of drug-likeness (QED) is 0.812. The van der Waals surface area contributed by atoms with E-state index in [1.807, 2.05) is 31.3 Å². The Hall–Kier alpha value is -2.04. The summed E-state index contributed by atoms with van der Waals surface area (Å²) >= 11 is 0. The minimum Gasteiger partial charge on any atom is -0.338 e. The summed E-state index contributed by atoms with van der Waals surface area (Å²) < 4.78 is 1.79. The monoisotopic (exact) mass is 218 g/mol. The molecule has 2 heterocycles. The molecule has 0 unspecified atom stereocenters. The van der Waals surface area contributed by atoms with Gasteiger partial charge in [0.1, 0.15) is 0 Å². The van der Waals surface area contributed by atoms with Gasteiger partial charge in [0.15, 0.2) is 0 Å². The zero-order valence-corrected chi connectivity index (χ0v) is 9.10. The molecule has 16 heavy (non-hydrogen) atoms. The summed E-state index contributed by atoms with van der Waals surface area (Å²) in [6, 6.07) is 5.69. The number of carbonyl (C=O) groups is 1. The smallest absolute Gasteiger partial charge is 0.315 e. The molecule has 0 bridgehead atoms. The number of pyridine rings is 1. The molecule has 2 aromatic rings. The minimum absolute atomic E-state index is 0.155. The highest BCUT2D eigenvalue weighted by atomic mass is 16.2. The number of nitrogens with one attached hydrogen (secondary N) is 2. The summed E-state index contributed by atoms with van der Waals surface area (Å²) in [7, 11) is 0. The van der Waals surface area contributed by atoms with Gasteiger partial charge in [-0.1, -0.05) is 6.07 Å². The predicted octanol–water partition coefficient (Wildman–Crippen LogP) is 1.15. The molecule has 0 radical (unpaired) electrons. The van der Waals surface area contributed by atoms with Gasteiger partial charge in [-0.2, -0.15) is 5.10 Å². The average molecular weight is 218 g/mol. The number of rotatable bonds is 3. The van der Waals surface area contributed by atoms with Gasteiger partial charge in [0.2, 0.25) is 0 Å². The van der Waals surface area contributed by atoms with Crippen molar-refractivity contribution in [1.29, 1.82) is 0 Å². The normalized spacial score (nSPS) is 10.3. The van der Waals surface area contributed by atoms with E-state index in [-0.39, 0.29) is 6.03 Å². The minimum atomic E-state index is -0.155. The summed E-state index contributed by atoms with van der Waals surface area (Å²) in [5.41, 5.74) is 2.02. The highest BCUT2D eigenvalue weighted by molar-refractivity contribution is 5.74. The summed E-state index contributed by atoms with van der Waals surface area (Å²) in [5.74, 6) is 0. The van der Waals surface area contributed by atoms with Crippen LogP contribution in [-0.2, 0) is 6.54 Å². The third kappa shape index (κ3) is 2.13. The maximum absolute atomic E-state index is 11.2. The topological polar surface area (TPSA) is 58.4 Å². The maximum atomic E-state index is 11.2. The van der Waals surface area contributed by atoms with Gasteiger partial charge in [0, 0.05) is 24.8 Å². The molecule has 2 amide bonds. The lowest BCUT2D eigenvalue weighted by Crippen LogP contribution is -2.34. The van der Waals surface area contributed by atoms with Crippen molar-refractivity contribution in [3.63, 3.8) is 0 Å². The zero-order valence-electron chi connectivity index (χ0n) is 9.10. The molecule has 0 aliphatic heterocycles. The number of hydrogen-bond donors (Lipinski definition) is 2. The lowest BCUT2D eigenvalue weighted by Gasteiger charge is -2.04. The van der Waals surface area contributed by atoms with Crippen LogP contribution in [0, 0.1) is 0 Å². The zero-order chi connectivity index (χ0) is 11.4. The number of fused-ring (bicyclic) bond motifs is 1. The van der Waals surface area contributed by atoms with E-state index < -0.39 is 0 Å². The van der Waals surface area contributed by atoms with E-state index in [0.29, 0.717) is 13.1 Å². The van der Waals surface area contributed by atoms with E-state index >= 15 is 0 Å². The van der Waals surface area contributed by atoms with Crippen molar-refractivity contribution < 1.29 is 4.79 Å². The second-order valence-corrected chi connectivity index (χ2v) is 3.41. The van der Waals surface area contributed by atoms with Crippen LogP contribution >= 0.6 is 0 Å². The first-order valence-corrected chi connectivity index (χ1v) is 5.24. The summed E-state index contributed by atoms with van der Waals surface area (Å²) in [6.07, 6.45) is 3.65. The van der Waals surface area contributed by atoms with E-state index in [1.54, 1.807) is 10.7 Å². The van der Waals surface area contributed by atoms with Gasteiger partial charge in [-0.05, 0) is 19.1 Å². The highest BCUT2D eigenvalue weighted by Crippen LogP contribution is 2.08. The Morgan fingerprint density at radius 3 is 3.12 bits per heavy atom. The molecule has 0 aliphatic rings. The SMILES string of the molecule is CCNC(=O)NCc1cnn2ccccc12. The van der Waals surface area contributed by atoms with Crippen LogP contribution in [0.25, 0.3) is 5.52 Å². The highest BCUT2D eigenvalue weighted by Gasteiger charge is 2.04. The first-order chi connectivity index (χ1) is 7.81. The van der Waals surface area contributed by atoms with Gasteiger partial charge in [0.25, 0.3) is 0 Å². The fourth-order valence-corrected chi connectivity index (χ4v) is 1.52. The lowest BCUT2D eigenvalue weighted by atomic mass is 10.2. The van der Waals surface area contributed by atoms with Gasteiger partial charge < -0.3 is 10.6 Å². The lowest BCUT2D eigenvalue weighted by molar-refractivity contribution is 0.241. The van der Waals surface area contributed by atoms with E-state index in [9.17, 15) is 4.79 Å². The van der Waals surface area contributed by atoms with Crippen molar-refractivity contribution in [3.05, 3.63) is 36.2 Å². The molecule has 0 aliphatic carbocycles. The van der Waals surface area contributed by atoms with Gasteiger partial charge in [-0.25, -0.2) is 9.31 Å². The largest absolute Gasteiger partial charge is 0.338 e. The molecular weight excluding hydrogens is 204 g/mol. The van der Waals surface area contributed by atoms with Crippen LogP contribution in [0.4, 0.5) is 4.79 Å². The molecule has 84 valence electrons. The Kier molecular flexibility index (Phi) is 3.05. The van der Waals surface area contributed by atoms with Crippen molar-refractivity contribution in [2.45, 2.75) is 13.5 Å². The third-order valence-electron chi connectivity index (χ3n) is 2.28. The van der Waals surface area contributed by atoms with Crippen molar-refractivity contribution in [2.24, 2.45) is 0 Å². The van der Waals surface area contributed by atoms with Crippen LogP contribution in [0.2, 0.25) is 0 Å². The Morgan fingerprint density at radius 2 is 2.31 bits per heavy atom. The number of carbonyl (C=O) groups excluding carboxylic acids is 1. The Morgan fingerprint density at radius 1 is 1.44 bits per heavy atom. The first kappa shape index (κ1) is 10.5. The van der Waals surface area contributed by atoms with Gasteiger partial charge in [-0.15, -0.1) is 0 Å². The van der Waals surface area contributed by atoms with Crippen molar-refractivity contribution in [1.82, 2.24) is 20.2 Å². The average Bonchev–Trinajstić information content (AvgIpc) is 2.70. The Bertz CT molecular complexity index is 491. The van der Waals surface area contributed by atoms with Crippen LogP contribution in [0.1, 0.15) is 12.5 Å². The predicted molar refractivity (Wildman–Crippen MR) is 61.1 cm³/mol. The fraction of sp³-hybridized carbons (Fsp3) is 0.273. The molecule has 2 aromatic heterocycles. The number of urea groups is 1. The second kappa shape index (κ2) is 4.65. The van der Waals surface area contributed by atoms with Crippen LogP contribution in [0.3, 0.4) is 0 Å². The van der Waals surface area contributed by atoms with Crippen LogP contribution in [-0.4, -0.2) is 22.2 Å². The van der Waals surface area contributed by atoms with Crippen molar-refractivity contribution >= 4 is 11.5 Å². The van der Waals surface area contributed by atoms with Crippen LogP contribution in [0.15, 0.2) is 30.6 Å². The van der Waals surface area contributed by atoms with Gasteiger partial charge in [-0.3, -0.25) is 0 Å². The Balaban J connectivity index is 2.07. The molecule has 2 rings (SSSR count). The van der Waals surface area contributed by atoms with Crippen molar-refractivity contribution in [2.75, 3.05) is 6.54 Å². The molecule has 0 saturated heterocycles. The summed E-state index contributed by atoms with van der Waals surface area (Å²) in [4.78, 5) is 11.2. The van der Waals surface area contributed by atoms with Gasteiger partial charge in [0.05, 0.1) is 11.7 Å². The molecule has 0 atom stereocenters. The molecule has 2 N–H and O–H groups in total. The van der Waals surface area contributed by atoms with E-state index in [2.05, 4.69) is 15.7 Å². The third-order valence-corrected chi connectivity index (χ3v) is 2.28. The van der Waals surface area contributed by atoms with Crippen LogP contribution < -0.4 is 10.6 Å². The molecule has 5 heteroatoms. The molecule has 0 spiro atoms. The van der Waals surface area contributed by atoms with E-state index in [0.717, 1.165) is 11.1 Å². The molecule has 0 fully saturated rings. The number of aromatic nitrogens is 2. The summed E-state index contributed by atoms with van der Waals surface area (Å²) in [5, 5.41) is 9.64. The summed E-state index contributed by atoms with van der Waals surface area (Å²) in [6.45, 7) is 2.99. The standard InChI is InChI=1S/C11H14N4O/c1-2-12-11(16)13-7-9-8-14-15-6-4-3-5-10(9)15/h3-6,8H,2,7H2,1H3,(H2,12,13,16). The van der Waals surface area contributed by atoms with E-state index in [4.69, 9.17) is 0 Å². The van der Waals surface area contributed by atoms with E-state index in [1.165, 1.54) is 0 Å². The molecular formula is C11H14N4O. The number of hydrogen-bond acceptors (Lipinski definition) is 2. The molecule has 0 saturated carbocycles. The number of nitrogens with zero attached hydrogens (tertiary/aromatic N) is 2. The maximum Gasteiger partial charge on any atom is 0.315 e. The second-order valence-electron chi connectivity index (χ2n) is 3.41.